The van der Waals surface area contributed by atoms with E-state index in [9.17, 15) is 5.11 Å². The van der Waals surface area contributed by atoms with Gasteiger partial charge in [-0.1, -0.05) is 13.0 Å². The van der Waals surface area contributed by atoms with Crippen LogP contribution in [0.15, 0.2) is 18.2 Å². The number of hydrogen-bond acceptors (Lipinski definition) is 4. The maximum atomic E-state index is 9.42. The van der Waals surface area contributed by atoms with Crippen molar-refractivity contribution in [3.05, 3.63) is 23.8 Å². The van der Waals surface area contributed by atoms with Crippen LogP contribution in [0.3, 0.4) is 0 Å². The molecule has 0 saturated heterocycles. The summed E-state index contributed by atoms with van der Waals surface area (Å²) >= 11 is 0. The zero-order chi connectivity index (χ0) is 12.0. The van der Waals surface area contributed by atoms with Crippen LogP contribution in [0.5, 0.6) is 11.5 Å². The molecule has 0 amide bonds. The SMILES string of the molecule is CCC(CO)NCc1ccc(O)c(OC)c1. The summed E-state index contributed by atoms with van der Waals surface area (Å²) in [5, 5.41) is 21.7. The lowest BCUT2D eigenvalue weighted by Gasteiger charge is -2.14. The van der Waals surface area contributed by atoms with Crippen molar-refractivity contribution in [3.63, 3.8) is 0 Å². The highest BCUT2D eigenvalue weighted by molar-refractivity contribution is 5.41. The first-order chi connectivity index (χ1) is 7.71. The van der Waals surface area contributed by atoms with Crippen LogP contribution in [0.25, 0.3) is 0 Å². The third-order valence-electron chi connectivity index (χ3n) is 2.55. The summed E-state index contributed by atoms with van der Waals surface area (Å²) in [5.74, 6) is 0.608. The van der Waals surface area contributed by atoms with Crippen LogP contribution in [0.4, 0.5) is 0 Å². The molecule has 0 aromatic heterocycles. The van der Waals surface area contributed by atoms with E-state index in [-0.39, 0.29) is 18.4 Å². The Morgan fingerprint density at radius 2 is 2.19 bits per heavy atom. The lowest BCUT2D eigenvalue weighted by molar-refractivity contribution is 0.238. The first-order valence-corrected chi connectivity index (χ1v) is 5.41. The molecule has 1 aromatic carbocycles. The smallest absolute Gasteiger partial charge is 0.160 e. The highest BCUT2D eigenvalue weighted by Gasteiger charge is 2.05. The summed E-state index contributed by atoms with van der Waals surface area (Å²) in [6.07, 6.45) is 0.881. The number of rotatable bonds is 6. The third kappa shape index (κ3) is 3.40. The first kappa shape index (κ1) is 12.8. The van der Waals surface area contributed by atoms with Crippen LogP contribution < -0.4 is 10.1 Å². The second-order valence-electron chi connectivity index (χ2n) is 3.67. The van der Waals surface area contributed by atoms with Crippen molar-refractivity contribution in [1.29, 1.82) is 0 Å². The molecule has 0 saturated carbocycles. The molecular weight excluding hydrogens is 206 g/mol. The number of methoxy groups -OCH3 is 1. The van der Waals surface area contributed by atoms with Gasteiger partial charge in [0.1, 0.15) is 0 Å². The van der Waals surface area contributed by atoms with Crippen LogP contribution in [-0.2, 0) is 6.54 Å². The molecule has 16 heavy (non-hydrogen) atoms. The zero-order valence-electron chi connectivity index (χ0n) is 9.73. The quantitative estimate of drug-likeness (QED) is 0.682. The third-order valence-corrected chi connectivity index (χ3v) is 2.55. The molecule has 1 unspecified atom stereocenters. The van der Waals surface area contributed by atoms with E-state index in [4.69, 9.17) is 9.84 Å². The van der Waals surface area contributed by atoms with Crippen LogP contribution in [0.1, 0.15) is 18.9 Å². The van der Waals surface area contributed by atoms with Crippen molar-refractivity contribution in [1.82, 2.24) is 5.32 Å². The summed E-state index contributed by atoms with van der Waals surface area (Å²) in [7, 11) is 1.52. The molecule has 1 rings (SSSR count). The highest BCUT2D eigenvalue weighted by Crippen LogP contribution is 2.26. The molecule has 0 radical (unpaired) electrons. The van der Waals surface area contributed by atoms with Crippen molar-refractivity contribution in [2.75, 3.05) is 13.7 Å². The Morgan fingerprint density at radius 1 is 1.44 bits per heavy atom. The fraction of sp³-hybridized carbons (Fsp3) is 0.500. The molecule has 1 aromatic rings. The number of phenolic OH excluding ortho intramolecular Hbond substituents is 1. The minimum absolute atomic E-state index is 0.111. The largest absolute Gasteiger partial charge is 0.504 e. The number of benzene rings is 1. The van der Waals surface area contributed by atoms with E-state index in [1.54, 1.807) is 12.1 Å². The minimum atomic E-state index is 0.111. The van der Waals surface area contributed by atoms with Gasteiger partial charge in [0.05, 0.1) is 13.7 Å². The molecule has 90 valence electrons. The molecule has 0 spiro atoms. The molecule has 0 aliphatic carbocycles. The predicted octanol–water partition coefficient (Wildman–Crippen LogP) is 1.26. The van der Waals surface area contributed by atoms with E-state index in [2.05, 4.69) is 5.32 Å². The molecular formula is C12H19NO3. The van der Waals surface area contributed by atoms with Crippen molar-refractivity contribution in [2.45, 2.75) is 25.9 Å². The van der Waals surface area contributed by atoms with Crippen molar-refractivity contribution < 1.29 is 14.9 Å². The predicted molar refractivity (Wildman–Crippen MR) is 62.7 cm³/mol. The summed E-state index contributed by atoms with van der Waals surface area (Å²) in [5.41, 5.74) is 1.02. The van der Waals surface area contributed by atoms with Gasteiger partial charge >= 0.3 is 0 Å². The lowest BCUT2D eigenvalue weighted by Crippen LogP contribution is -2.31. The molecule has 4 heteroatoms. The standard InChI is InChI=1S/C12H19NO3/c1-3-10(8-14)13-7-9-4-5-11(15)12(6-9)16-2/h4-6,10,13-15H,3,7-8H2,1-2H3. The Hall–Kier alpha value is -1.26. The summed E-state index contributed by atoms with van der Waals surface area (Å²) in [6, 6.07) is 5.33. The number of aromatic hydroxyl groups is 1. The maximum absolute atomic E-state index is 9.42. The molecule has 0 heterocycles. The molecule has 0 bridgehead atoms. The van der Waals surface area contributed by atoms with Gasteiger partial charge < -0.3 is 20.3 Å². The van der Waals surface area contributed by atoms with Gasteiger partial charge in [0, 0.05) is 12.6 Å². The average molecular weight is 225 g/mol. The van der Waals surface area contributed by atoms with E-state index in [0.717, 1.165) is 12.0 Å². The Balaban J connectivity index is 2.60. The number of aliphatic hydroxyl groups excluding tert-OH is 1. The second kappa shape index (κ2) is 6.35. The van der Waals surface area contributed by atoms with E-state index in [1.165, 1.54) is 7.11 Å². The van der Waals surface area contributed by atoms with Gasteiger partial charge in [-0.05, 0) is 24.1 Å². The lowest BCUT2D eigenvalue weighted by atomic mass is 10.1. The summed E-state index contributed by atoms with van der Waals surface area (Å²) in [4.78, 5) is 0. The Morgan fingerprint density at radius 3 is 2.75 bits per heavy atom. The average Bonchev–Trinajstić information content (AvgIpc) is 2.32. The number of ether oxygens (including phenoxy) is 1. The van der Waals surface area contributed by atoms with Crippen LogP contribution in [0.2, 0.25) is 0 Å². The van der Waals surface area contributed by atoms with Gasteiger partial charge in [0.25, 0.3) is 0 Å². The molecule has 1 atom stereocenters. The number of nitrogens with one attached hydrogen (secondary N) is 1. The number of aliphatic hydroxyl groups is 1. The fourth-order valence-corrected chi connectivity index (χ4v) is 1.43. The number of phenols is 1. The highest BCUT2D eigenvalue weighted by atomic mass is 16.5. The monoisotopic (exact) mass is 225 g/mol. The summed E-state index contributed by atoms with van der Waals surface area (Å²) < 4.78 is 5.02. The summed E-state index contributed by atoms with van der Waals surface area (Å²) in [6.45, 7) is 2.80. The van der Waals surface area contributed by atoms with Crippen LogP contribution in [0, 0.1) is 0 Å². The van der Waals surface area contributed by atoms with E-state index in [0.29, 0.717) is 12.3 Å². The molecule has 0 fully saturated rings. The second-order valence-corrected chi connectivity index (χ2v) is 3.67. The van der Waals surface area contributed by atoms with E-state index >= 15 is 0 Å². The Labute approximate surface area is 95.9 Å². The van der Waals surface area contributed by atoms with Crippen LogP contribution >= 0.6 is 0 Å². The Bertz CT molecular complexity index is 324. The van der Waals surface area contributed by atoms with Crippen LogP contribution in [-0.4, -0.2) is 30.0 Å². The van der Waals surface area contributed by atoms with Crippen molar-refractivity contribution >= 4 is 0 Å². The topological polar surface area (TPSA) is 61.7 Å². The molecule has 4 nitrogen and oxygen atoms in total. The van der Waals surface area contributed by atoms with E-state index in [1.807, 2.05) is 13.0 Å². The van der Waals surface area contributed by atoms with Crippen molar-refractivity contribution in [2.24, 2.45) is 0 Å². The molecule has 0 aliphatic heterocycles. The van der Waals surface area contributed by atoms with Gasteiger partial charge in [-0.3, -0.25) is 0 Å². The first-order valence-electron chi connectivity index (χ1n) is 5.41. The van der Waals surface area contributed by atoms with Gasteiger partial charge in [0.2, 0.25) is 0 Å². The zero-order valence-corrected chi connectivity index (χ0v) is 9.73. The maximum Gasteiger partial charge on any atom is 0.160 e. The molecule has 0 aliphatic rings. The van der Waals surface area contributed by atoms with Gasteiger partial charge in [0.15, 0.2) is 11.5 Å². The van der Waals surface area contributed by atoms with Gasteiger partial charge in [-0.15, -0.1) is 0 Å². The minimum Gasteiger partial charge on any atom is -0.504 e. The fourth-order valence-electron chi connectivity index (χ4n) is 1.43. The Kier molecular flexibility index (Phi) is 5.08. The van der Waals surface area contributed by atoms with Crippen molar-refractivity contribution in [3.8, 4) is 11.5 Å². The van der Waals surface area contributed by atoms with E-state index < -0.39 is 0 Å². The van der Waals surface area contributed by atoms with Gasteiger partial charge in [-0.2, -0.15) is 0 Å². The number of hydrogen-bond donors (Lipinski definition) is 3. The molecule has 3 N–H and O–H groups in total. The normalized spacial score (nSPS) is 12.4. The van der Waals surface area contributed by atoms with Gasteiger partial charge in [-0.25, -0.2) is 0 Å².